The molecule has 1 heterocycles. The molecule has 2 unspecified atom stereocenters. The lowest BCUT2D eigenvalue weighted by Gasteiger charge is -2.45. The molecule has 3 aliphatic rings. The van der Waals surface area contributed by atoms with Gasteiger partial charge in [-0.3, -0.25) is 19.3 Å². The lowest BCUT2D eigenvalue weighted by molar-refractivity contribution is -0.188. The third-order valence-corrected chi connectivity index (χ3v) is 3.89. The summed E-state index contributed by atoms with van der Waals surface area (Å²) in [5.41, 5.74) is 3.37. The second-order valence-corrected chi connectivity index (χ2v) is 6.31. The van der Waals surface area contributed by atoms with Crippen molar-refractivity contribution >= 4 is 23.8 Å². The van der Waals surface area contributed by atoms with Gasteiger partial charge in [-0.05, 0) is 36.6 Å². The first-order chi connectivity index (χ1) is 12.7. The van der Waals surface area contributed by atoms with Gasteiger partial charge in [-0.15, -0.1) is 0 Å². The molecule has 8 nitrogen and oxygen atoms in total. The predicted molar refractivity (Wildman–Crippen MR) is 95.8 cm³/mol. The SMILES string of the molecule is COC(=O)C(=C(C)C)N1C(=O)C(NC(C)=O)C1OC(C)=O.c1cc2cc-2c1. The van der Waals surface area contributed by atoms with Crippen molar-refractivity contribution in [2.75, 3.05) is 7.11 Å². The number of nitrogens with one attached hydrogen (secondary N) is 1. The Morgan fingerprint density at radius 1 is 1.07 bits per heavy atom. The Kier molecular flexibility index (Phi) is 5.99. The maximum Gasteiger partial charge on any atom is 0.354 e. The molecular formula is C19H22N2O6. The number of esters is 2. The number of β-lactam (4-membered cyclic amide) rings is 1. The first-order valence-corrected chi connectivity index (χ1v) is 8.31. The fourth-order valence-corrected chi connectivity index (χ4v) is 2.66. The number of amides is 2. The third-order valence-electron chi connectivity index (χ3n) is 3.89. The number of methoxy groups -OCH3 is 1. The van der Waals surface area contributed by atoms with Gasteiger partial charge in [-0.25, -0.2) is 4.79 Å². The number of carbonyl (C=O) groups is 4. The van der Waals surface area contributed by atoms with Crippen molar-refractivity contribution in [2.24, 2.45) is 0 Å². The molecule has 144 valence electrons. The highest BCUT2D eigenvalue weighted by atomic mass is 16.6. The molecule has 2 amide bonds. The monoisotopic (exact) mass is 374 g/mol. The van der Waals surface area contributed by atoms with Crippen LogP contribution in [0.1, 0.15) is 27.7 Å². The molecule has 2 aliphatic carbocycles. The molecular weight excluding hydrogens is 352 g/mol. The number of ether oxygens (including phenoxy) is 2. The Bertz CT molecular complexity index is 808. The summed E-state index contributed by atoms with van der Waals surface area (Å²) in [6, 6.07) is 7.47. The van der Waals surface area contributed by atoms with Crippen molar-refractivity contribution in [3.63, 3.8) is 0 Å². The Balaban J connectivity index is 0.000000358. The molecule has 8 heteroatoms. The molecule has 1 saturated heterocycles. The first kappa shape index (κ1) is 20.2. The number of likely N-dealkylation sites (tertiary alicyclic amines) is 1. The lowest BCUT2D eigenvalue weighted by atomic mass is 10.0. The van der Waals surface area contributed by atoms with Crippen molar-refractivity contribution in [1.29, 1.82) is 0 Å². The van der Waals surface area contributed by atoms with Gasteiger partial charge >= 0.3 is 11.9 Å². The summed E-state index contributed by atoms with van der Waals surface area (Å²) in [5.74, 6) is -2.34. The van der Waals surface area contributed by atoms with Gasteiger partial charge in [0.25, 0.3) is 5.91 Å². The lowest BCUT2D eigenvalue weighted by Crippen LogP contribution is -2.71. The van der Waals surface area contributed by atoms with E-state index < -0.39 is 36.0 Å². The number of hydrogen-bond donors (Lipinski definition) is 1. The molecule has 1 aliphatic heterocycles. The molecule has 1 fully saturated rings. The van der Waals surface area contributed by atoms with Crippen LogP contribution in [0.3, 0.4) is 0 Å². The molecule has 1 N–H and O–H groups in total. The number of nitrogens with zero attached hydrogens (tertiary/aromatic N) is 1. The summed E-state index contributed by atoms with van der Waals surface area (Å²) < 4.78 is 9.65. The summed E-state index contributed by atoms with van der Waals surface area (Å²) in [6.45, 7) is 5.65. The summed E-state index contributed by atoms with van der Waals surface area (Å²) >= 11 is 0. The Morgan fingerprint density at radius 2 is 1.67 bits per heavy atom. The highest BCUT2D eigenvalue weighted by Gasteiger charge is 2.53. The minimum absolute atomic E-state index is 0.00430. The van der Waals surface area contributed by atoms with E-state index in [1.54, 1.807) is 13.8 Å². The van der Waals surface area contributed by atoms with Crippen LogP contribution in [0.2, 0.25) is 0 Å². The zero-order chi connectivity index (χ0) is 20.3. The van der Waals surface area contributed by atoms with Crippen molar-refractivity contribution in [3.8, 4) is 11.1 Å². The molecule has 27 heavy (non-hydrogen) atoms. The fraction of sp³-hybridized carbons (Fsp3) is 0.368. The number of fused-ring (bicyclic) bond motifs is 1. The van der Waals surface area contributed by atoms with Crippen molar-refractivity contribution in [3.05, 3.63) is 35.5 Å². The molecule has 2 atom stereocenters. The topological polar surface area (TPSA) is 102 Å². The van der Waals surface area contributed by atoms with Crippen LogP contribution in [0.25, 0.3) is 11.1 Å². The van der Waals surface area contributed by atoms with Gasteiger partial charge in [0, 0.05) is 13.8 Å². The van der Waals surface area contributed by atoms with E-state index in [-0.39, 0.29) is 5.70 Å². The maximum atomic E-state index is 12.1. The van der Waals surface area contributed by atoms with Gasteiger partial charge in [0.1, 0.15) is 5.70 Å². The van der Waals surface area contributed by atoms with Crippen molar-refractivity contribution < 1.29 is 28.7 Å². The molecule has 0 saturated carbocycles. The normalized spacial score (nSPS) is 18.3. The number of hydrogen-bond acceptors (Lipinski definition) is 6. The molecule has 0 radical (unpaired) electrons. The Hall–Kier alpha value is -3.16. The largest absolute Gasteiger partial charge is 0.464 e. The van der Waals surface area contributed by atoms with E-state index in [0.29, 0.717) is 5.57 Å². The van der Waals surface area contributed by atoms with Crippen LogP contribution < -0.4 is 5.32 Å². The number of rotatable bonds is 4. The minimum Gasteiger partial charge on any atom is -0.464 e. The van der Waals surface area contributed by atoms with Crippen LogP contribution in [-0.2, 0) is 28.7 Å². The average molecular weight is 374 g/mol. The Morgan fingerprint density at radius 3 is 2.00 bits per heavy atom. The quantitative estimate of drug-likeness (QED) is 0.492. The minimum atomic E-state index is -1.07. The molecule has 0 spiro atoms. The van der Waals surface area contributed by atoms with Crippen LogP contribution in [0.5, 0.6) is 0 Å². The van der Waals surface area contributed by atoms with Crippen LogP contribution >= 0.6 is 0 Å². The van der Waals surface area contributed by atoms with Gasteiger partial charge in [0.2, 0.25) is 12.1 Å². The predicted octanol–water partition coefficient (Wildman–Crippen LogP) is 1.36. The standard InChI is InChI=1S/C13H18N2O6.C6H4/c1-6(2)10(13(19)20-5)15-11(18)9(14-7(3)16)12(15)21-8(4)17;1-2-5-4-6(5)3-1/h9,12H,1-5H3,(H,14,16);1-4H. The maximum absolute atomic E-state index is 12.1. The zero-order valence-corrected chi connectivity index (χ0v) is 15.9. The van der Waals surface area contributed by atoms with E-state index >= 15 is 0 Å². The van der Waals surface area contributed by atoms with Gasteiger partial charge in [-0.2, -0.15) is 0 Å². The molecule has 0 aromatic rings. The number of allylic oxidation sites excluding steroid dienone is 1. The van der Waals surface area contributed by atoms with Crippen LogP contribution in [0.4, 0.5) is 0 Å². The van der Waals surface area contributed by atoms with Gasteiger partial charge in [-0.1, -0.05) is 18.2 Å². The smallest absolute Gasteiger partial charge is 0.354 e. The summed E-state index contributed by atoms with van der Waals surface area (Å²) in [5, 5.41) is 2.38. The Labute approximate surface area is 157 Å². The first-order valence-electron chi connectivity index (χ1n) is 8.31. The number of benzene rings is 1. The molecule has 3 rings (SSSR count). The van der Waals surface area contributed by atoms with E-state index in [9.17, 15) is 19.2 Å². The zero-order valence-electron chi connectivity index (χ0n) is 15.9. The molecule has 0 aromatic carbocycles. The van der Waals surface area contributed by atoms with Gasteiger partial charge in [0.05, 0.1) is 7.11 Å². The van der Waals surface area contributed by atoms with Crippen LogP contribution in [0, 0.1) is 0 Å². The second kappa shape index (κ2) is 8.03. The van der Waals surface area contributed by atoms with E-state index in [1.165, 1.54) is 32.1 Å². The van der Waals surface area contributed by atoms with E-state index in [1.807, 2.05) is 0 Å². The average Bonchev–Trinajstić information content (AvgIpc) is 3.20. The van der Waals surface area contributed by atoms with E-state index in [0.717, 1.165) is 4.90 Å². The van der Waals surface area contributed by atoms with E-state index in [4.69, 9.17) is 4.74 Å². The molecule has 0 bridgehead atoms. The summed E-state index contributed by atoms with van der Waals surface area (Å²) in [7, 11) is 1.18. The number of carbonyl (C=O) groups excluding carboxylic acids is 4. The fourth-order valence-electron chi connectivity index (χ4n) is 2.66. The van der Waals surface area contributed by atoms with Gasteiger partial charge in [0.15, 0.2) is 6.04 Å². The third kappa shape index (κ3) is 4.52. The van der Waals surface area contributed by atoms with Crippen LogP contribution in [-0.4, -0.2) is 48.0 Å². The van der Waals surface area contributed by atoms with Crippen LogP contribution in [0.15, 0.2) is 35.5 Å². The molecule has 0 aromatic heterocycles. The summed E-state index contributed by atoms with van der Waals surface area (Å²) in [6.07, 6.45) is -1.07. The van der Waals surface area contributed by atoms with Gasteiger partial charge < -0.3 is 14.8 Å². The highest BCUT2D eigenvalue weighted by Crippen LogP contribution is 2.32. The van der Waals surface area contributed by atoms with E-state index in [2.05, 4.69) is 34.3 Å². The summed E-state index contributed by atoms with van der Waals surface area (Å²) in [4.78, 5) is 47.2. The second-order valence-electron chi connectivity index (χ2n) is 6.31. The van der Waals surface area contributed by atoms with Crippen molar-refractivity contribution in [1.82, 2.24) is 10.2 Å². The highest BCUT2D eigenvalue weighted by molar-refractivity contribution is 6.01. The van der Waals surface area contributed by atoms with Crippen molar-refractivity contribution in [2.45, 2.75) is 40.0 Å².